The van der Waals surface area contributed by atoms with Crippen LogP contribution >= 0.6 is 15.9 Å². The van der Waals surface area contributed by atoms with Gasteiger partial charge in [-0.05, 0) is 0 Å². The van der Waals surface area contributed by atoms with Crippen LogP contribution in [-0.4, -0.2) is 59.9 Å². The molecule has 1 aliphatic heterocycles. The van der Waals surface area contributed by atoms with E-state index in [1.807, 2.05) is 0 Å². The van der Waals surface area contributed by atoms with Gasteiger partial charge in [-0.3, -0.25) is 19.2 Å². The van der Waals surface area contributed by atoms with E-state index in [-0.39, 0.29) is 6.61 Å². The standard InChI is InChI=1S/C14H19BrO9/c1-6(16)20-5-10-11(21-7(2)17)12(22-8(3)18)13(14(15)24-10)23-9(4)19/h10-14H,5H2,1-4H3/t10-,11-,12+,13+,14-/m0/s1. The number of rotatable bonds is 5. The van der Waals surface area contributed by atoms with Crippen LogP contribution in [0.15, 0.2) is 0 Å². The molecule has 24 heavy (non-hydrogen) atoms. The topological polar surface area (TPSA) is 114 Å². The average Bonchev–Trinajstić information content (AvgIpc) is 2.42. The smallest absolute Gasteiger partial charge is 0.303 e. The summed E-state index contributed by atoms with van der Waals surface area (Å²) < 4.78 is 25.9. The molecule has 1 saturated heterocycles. The average molecular weight is 411 g/mol. The molecule has 1 fully saturated rings. The molecule has 10 heteroatoms. The Morgan fingerprint density at radius 3 is 1.71 bits per heavy atom. The Morgan fingerprint density at radius 1 is 0.792 bits per heavy atom. The lowest BCUT2D eigenvalue weighted by Crippen LogP contribution is -2.60. The van der Waals surface area contributed by atoms with Gasteiger partial charge in [0.1, 0.15) is 12.7 Å². The molecule has 0 unspecified atom stereocenters. The summed E-state index contributed by atoms with van der Waals surface area (Å²) in [6, 6.07) is 0. The molecule has 0 aromatic carbocycles. The van der Waals surface area contributed by atoms with Crippen molar-refractivity contribution >= 4 is 39.8 Å². The van der Waals surface area contributed by atoms with Crippen molar-refractivity contribution in [2.75, 3.05) is 6.61 Å². The maximum Gasteiger partial charge on any atom is 0.303 e. The quantitative estimate of drug-likeness (QED) is 0.362. The van der Waals surface area contributed by atoms with Gasteiger partial charge in [0.25, 0.3) is 0 Å². The molecule has 5 atom stereocenters. The highest BCUT2D eigenvalue weighted by atomic mass is 79.9. The molecule has 0 N–H and O–H groups in total. The number of halogens is 1. The number of carbonyl (C=O) groups excluding carboxylic acids is 4. The van der Waals surface area contributed by atoms with Crippen LogP contribution in [0, 0.1) is 0 Å². The van der Waals surface area contributed by atoms with E-state index < -0.39 is 53.3 Å². The van der Waals surface area contributed by atoms with Crippen molar-refractivity contribution in [3.8, 4) is 0 Å². The summed E-state index contributed by atoms with van der Waals surface area (Å²) in [6.45, 7) is 4.47. The van der Waals surface area contributed by atoms with Gasteiger partial charge in [0, 0.05) is 27.7 Å². The summed E-state index contributed by atoms with van der Waals surface area (Å²) in [5.74, 6) is -2.52. The van der Waals surface area contributed by atoms with Crippen LogP contribution in [0.5, 0.6) is 0 Å². The minimum absolute atomic E-state index is 0.236. The molecular weight excluding hydrogens is 392 g/mol. The number of ether oxygens (including phenoxy) is 5. The van der Waals surface area contributed by atoms with E-state index in [0.29, 0.717) is 0 Å². The van der Waals surface area contributed by atoms with Crippen LogP contribution < -0.4 is 0 Å². The normalized spacial score (nSPS) is 29.3. The van der Waals surface area contributed by atoms with E-state index in [4.69, 9.17) is 23.7 Å². The Labute approximate surface area is 147 Å². The van der Waals surface area contributed by atoms with Crippen molar-refractivity contribution in [3.63, 3.8) is 0 Å². The first kappa shape index (κ1) is 20.4. The maximum absolute atomic E-state index is 11.4. The molecule has 0 aromatic rings. The van der Waals surface area contributed by atoms with Crippen molar-refractivity contribution in [1.29, 1.82) is 0 Å². The van der Waals surface area contributed by atoms with Gasteiger partial charge in [0.2, 0.25) is 0 Å². The van der Waals surface area contributed by atoms with Gasteiger partial charge in [-0.15, -0.1) is 0 Å². The fourth-order valence-electron chi connectivity index (χ4n) is 2.18. The van der Waals surface area contributed by atoms with Gasteiger partial charge in [-0.2, -0.15) is 0 Å². The van der Waals surface area contributed by atoms with Gasteiger partial charge in [-0.25, -0.2) is 0 Å². The minimum Gasteiger partial charge on any atom is -0.463 e. The molecule has 0 aromatic heterocycles. The second-order valence-corrected chi connectivity index (χ2v) is 5.95. The molecule has 9 nitrogen and oxygen atoms in total. The Bertz CT molecular complexity index is 506. The molecule has 1 rings (SSSR count). The van der Waals surface area contributed by atoms with Crippen molar-refractivity contribution in [3.05, 3.63) is 0 Å². The van der Waals surface area contributed by atoms with Crippen molar-refractivity contribution in [1.82, 2.24) is 0 Å². The first-order valence-corrected chi connectivity index (χ1v) is 7.98. The molecule has 1 aliphatic rings. The van der Waals surface area contributed by atoms with Gasteiger partial charge in [0.15, 0.2) is 23.3 Å². The van der Waals surface area contributed by atoms with Gasteiger partial charge in [0.05, 0.1) is 0 Å². The molecule has 136 valence electrons. The second-order valence-electron chi connectivity index (χ2n) is 5.05. The Balaban J connectivity index is 3.11. The summed E-state index contributed by atoms with van der Waals surface area (Å²) in [5, 5.41) is -0.863. The second kappa shape index (κ2) is 8.97. The van der Waals surface area contributed by atoms with Crippen LogP contribution in [-0.2, 0) is 42.9 Å². The zero-order chi connectivity index (χ0) is 18.4. The molecule has 0 radical (unpaired) electrons. The fourth-order valence-corrected chi connectivity index (χ4v) is 2.86. The first-order chi connectivity index (χ1) is 11.1. The predicted molar refractivity (Wildman–Crippen MR) is 80.9 cm³/mol. The highest BCUT2D eigenvalue weighted by Crippen LogP contribution is 2.31. The van der Waals surface area contributed by atoms with Crippen LogP contribution in [0.1, 0.15) is 27.7 Å². The summed E-state index contributed by atoms with van der Waals surface area (Å²) in [7, 11) is 0. The lowest BCUT2D eigenvalue weighted by Gasteiger charge is -2.42. The number of esters is 4. The minimum atomic E-state index is -1.13. The lowest BCUT2D eigenvalue weighted by atomic mass is 9.99. The lowest BCUT2D eigenvalue weighted by molar-refractivity contribution is -0.236. The molecule has 0 aliphatic carbocycles. The summed E-state index contributed by atoms with van der Waals surface area (Å²) in [6.07, 6.45) is -4.22. The van der Waals surface area contributed by atoms with E-state index >= 15 is 0 Å². The van der Waals surface area contributed by atoms with Gasteiger partial charge < -0.3 is 23.7 Å². The third-order valence-corrected chi connectivity index (χ3v) is 3.67. The molecule has 0 saturated carbocycles. The number of hydrogen-bond donors (Lipinski definition) is 0. The largest absolute Gasteiger partial charge is 0.463 e. The Kier molecular flexibility index (Phi) is 7.61. The zero-order valence-electron chi connectivity index (χ0n) is 13.6. The summed E-state index contributed by atoms with van der Waals surface area (Å²) in [5.41, 5.74) is 0. The summed E-state index contributed by atoms with van der Waals surface area (Å²) in [4.78, 5) is 45.1. The van der Waals surface area contributed by atoms with E-state index in [1.165, 1.54) is 13.8 Å². The number of alkyl halides is 1. The van der Waals surface area contributed by atoms with Crippen molar-refractivity contribution in [2.45, 2.75) is 57.1 Å². The molecule has 0 bridgehead atoms. The van der Waals surface area contributed by atoms with E-state index in [2.05, 4.69) is 15.9 Å². The van der Waals surface area contributed by atoms with E-state index in [0.717, 1.165) is 13.8 Å². The third-order valence-electron chi connectivity index (χ3n) is 2.93. The molecular formula is C14H19BrO9. The van der Waals surface area contributed by atoms with Crippen molar-refractivity contribution < 1.29 is 42.9 Å². The monoisotopic (exact) mass is 410 g/mol. The zero-order valence-corrected chi connectivity index (χ0v) is 15.2. The van der Waals surface area contributed by atoms with Crippen LogP contribution in [0.3, 0.4) is 0 Å². The Morgan fingerprint density at radius 2 is 1.25 bits per heavy atom. The SMILES string of the molecule is CC(=O)OC[C@@H]1O[C@H](Br)[C@H](OC(C)=O)[C@H](OC(C)=O)[C@H]1OC(C)=O. The molecule has 0 amide bonds. The summed E-state index contributed by atoms with van der Waals surface area (Å²) >= 11 is 3.18. The number of carbonyl (C=O) groups is 4. The van der Waals surface area contributed by atoms with Gasteiger partial charge in [-0.1, -0.05) is 15.9 Å². The van der Waals surface area contributed by atoms with Crippen molar-refractivity contribution in [2.24, 2.45) is 0 Å². The first-order valence-electron chi connectivity index (χ1n) is 7.06. The third kappa shape index (κ3) is 6.08. The van der Waals surface area contributed by atoms with E-state index in [1.54, 1.807) is 0 Å². The van der Waals surface area contributed by atoms with Gasteiger partial charge >= 0.3 is 23.9 Å². The molecule has 0 spiro atoms. The van der Waals surface area contributed by atoms with Crippen LogP contribution in [0.2, 0.25) is 0 Å². The van der Waals surface area contributed by atoms with E-state index in [9.17, 15) is 19.2 Å². The maximum atomic E-state index is 11.4. The van der Waals surface area contributed by atoms with Crippen LogP contribution in [0.4, 0.5) is 0 Å². The predicted octanol–water partition coefficient (Wildman–Crippen LogP) is 0.464. The highest BCUT2D eigenvalue weighted by Gasteiger charge is 2.51. The van der Waals surface area contributed by atoms with Crippen LogP contribution in [0.25, 0.3) is 0 Å². The fraction of sp³-hybridized carbons (Fsp3) is 0.714. The number of hydrogen-bond acceptors (Lipinski definition) is 9. The molecule has 1 heterocycles. The Hall–Kier alpha value is -1.68. The highest BCUT2D eigenvalue weighted by molar-refractivity contribution is 9.09.